The zero-order valence-electron chi connectivity index (χ0n) is 10.9. The summed E-state index contributed by atoms with van der Waals surface area (Å²) in [6.07, 6.45) is 2.31. The van der Waals surface area contributed by atoms with Crippen molar-refractivity contribution in [3.05, 3.63) is 38.3 Å². The van der Waals surface area contributed by atoms with Crippen LogP contribution in [0.1, 0.15) is 18.4 Å². The Bertz CT molecular complexity index is 461. The van der Waals surface area contributed by atoms with Crippen LogP contribution in [0.4, 0.5) is 5.69 Å². The predicted molar refractivity (Wildman–Crippen MR) is 78.2 cm³/mol. The van der Waals surface area contributed by atoms with E-state index < -0.39 is 0 Å². The molecule has 0 atom stereocenters. The lowest BCUT2D eigenvalue weighted by molar-refractivity contribution is -0.384. The molecule has 6 heteroatoms. The predicted octanol–water partition coefficient (Wildman–Crippen LogP) is 2.54. The fourth-order valence-corrected chi connectivity index (χ4v) is 2.92. The molecule has 0 amide bonds. The van der Waals surface area contributed by atoms with Crippen LogP contribution in [0.2, 0.25) is 0 Å². The molecule has 0 aliphatic carbocycles. The van der Waals surface area contributed by atoms with Crippen LogP contribution >= 0.6 is 15.9 Å². The first kappa shape index (κ1) is 14.4. The molecule has 1 heterocycles. The van der Waals surface area contributed by atoms with Gasteiger partial charge < -0.3 is 5.32 Å². The van der Waals surface area contributed by atoms with Gasteiger partial charge in [-0.15, -0.1) is 0 Å². The van der Waals surface area contributed by atoms with Crippen LogP contribution in [-0.4, -0.2) is 36.0 Å². The van der Waals surface area contributed by atoms with E-state index in [1.807, 2.05) is 6.07 Å². The van der Waals surface area contributed by atoms with Crippen molar-refractivity contribution in [1.29, 1.82) is 0 Å². The number of hydrogen-bond donors (Lipinski definition) is 1. The summed E-state index contributed by atoms with van der Waals surface area (Å²) in [6, 6.07) is 5.56. The normalized spacial score (nSPS) is 16.8. The van der Waals surface area contributed by atoms with Gasteiger partial charge in [0, 0.05) is 29.2 Å². The Morgan fingerprint density at radius 3 is 2.74 bits per heavy atom. The standard InChI is InChI=1S/C13H18BrN3O2/c1-16(11-4-6-15-7-5-11)9-10-2-3-12(17(18)19)8-13(10)14/h2-3,8,11,15H,4-7,9H2,1H3. The minimum atomic E-state index is -0.370. The van der Waals surface area contributed by atoms with Gasteiger partial charge in [-0.25, -0.2) is 0 Å². The van der Waals surface area contributed by atoms with Crippen molar-refractivity contribution in [2.24, 2.45) is 0 Å². The highest BCUT2D eigenvalue weighted by atomic mass is 79.9. The molecule has 1 saturated heterocycles. The van der Waals surface area contributed by atoms with Crippen molar-refractivity contribution in [2.45, 2.75) is 25.4 Å². The van der Waals surface area contributed by atoms with Crippen LogP contribution in [0.25, 0.3) is 0 Å². The van der Waals surface area contributed by atoms with E-state index in [-0.39, 0.29) is 10.6 Å². The maximum absolute atomic E-state index is 10.7. The van der Waals surface area contributed by atoms with E-state index in [1.165, 1.54) is 0 Å². The van der Waals surface area contributed by atoms with Crippen LogP contribution in [-0.2, 0) is 6.54 Å². The minimum Gasteiger partial charge on any atom is -0.317 e. The molecule has 19 heavy (non-hydrogen) atoms. The summed E-state index contributed by atoms with van der Waals surface area (Å²) in [4.78, 5) is 12.7. The summed E-state index contributed by atoms with van der Waals surface area (Å²) in [5, 5.41) is 14.1. The third-order valence-electron chi connectivity index (χ3n) is 3.60. The Morgan fingerprint density at radius 1 is 1.47 bits per heavy atom. The molecular formula is C13H18BrN3O2. The van der Waals surface area contributed by atoms with Crippen molar-refractivity contribution in [3.8, 4) is 0 Å². The second kappa shape index (κ2) is 6.45. The zero-order chi connectivity index (χ0) is 13.8. The van der Waals surface area contributed by atoms with Crippen LogP contribution in [0.15, 0.2) is 22.7 Å². The summed E-state index contributed by atoms with van der Waals surface area (Å²) < 4.78 is 0.808. The number of hydrogen-bond acceptors (Lipinski definition) is 4. The molecule has 1 fully saturated rings. The van der Waals surface area contributed by atoms with Gasteiger partial charge in [0.15, 0.2) is 0 Å². The smallest absolute Gasteiger partial charge is 0.270 e. The monoisotopic (exact) mass is 327 g/mol. The van der Waals surface area contributed by atoms with Gasteiger partial charge in [-0.1, -0.05) is 15.9 Å². The molecule has 0 bridgehead atoms. The number of nitrogens with one attached hydrogen (secondary N) is 1. The Kier molecular flexibility index (Phi) is 4.90. The SMILES string of the molecule is CN(Cc1ccc([N+](=O)[O-])cc1Br)C1CCNCC1. The van der Waals surface area contributed by atoms with E-state index in [9.17, 15) is 10.1 Å². The number of piperidine rings is 1. The summed E-state index contributed by atoms with van der Waals surface area (Å²) in [7, 11) is 2.11. The van der Waals surface area contributed by atoms with Crippen molar-refractivity contribution < 1.29 is 4.92 Å². The highest BCUT2D eigenvalue weighted by Gasteiger charge is 2.19. The van der Waals surface area contributed by atoms with Crippen molar-refractivity contribution in [1.82, 2.24) is 10.2 Å². The summed E-state index contributed by atoms with van der Waals surface area (Å²) in [5.74, 6) is 0. The van der Waals surface area contributed by atoms with Gasteiger partial charge in [0.2, 0.25) is 0 Å². The van der Waals surface area contributed by atoms with E-state index in [4.69, 9.17) is 0 Å². The quantitative estimate of drug-likeness (QED) is 0.682. The van der Waals surface area contributed by atoms with E-state index in [2.05, 4.69) is 33.2 Å². The summed E-state index contributed by atoms with van der Waals surface area (Å²) in [6.45, 7) is 2.94. The van der Waals surface area contributed by atoms with Gasteiger partial charge in [-0.2, -0.15) is 0 Å². The third kappa shape index (κ3) is 3.75. The van der Waals surface area contributed by atoms with Crippen molar-refractivity contribution in [3.63, 3.8) is 0 Å². The average molecular weight is 328 g/mol. The van der Waals surface area contributed by atoms with Gasteiger partial charge in [0.05, 0.1) is 4.92 Å². The largest absolute Gasteiger partial charge is 0.317 e. The molecule has 1 aromatic rings. The molecule has 1 N–H and O–H groups in total. The first-order valence-corrected chi connectivity index (χ1v) is 7.21. The van der Waals surface area contributed by atoms with Crippen molar-refractivity contribution >= 4 is 21.6 Å². The number of nitrogens with zero attached hydrogens (tertiary/aromatic N) is 2. The van der Waals surface area contributed by atoms with Crippen LogP contribution in [0.3, 0.4) is 0 Å². The molecule has 2 rings (SSSR count). The number of benzene rings is 1. The number of halogens is 1. The first-order chi connectivity index (χ1) is 9.08. The lowest BCUT2D eigenvalue weighted by atomic mass is 10.0. The molecular weight excluding hydrogens is 310 g/mol. The number of non-ortho nitro benzene ring substituents is 1. The Labute approximate surface area is 121 Å². The van der Waals surface area contributed by atoms with Crippen LogP contribution in [0, 0.1) is 10.1 Å². The number of nitro benzene ring substituents is 1. The molecule has 1 aliphatic rings. The molecule has 0 aromatic heterocycles. The van der Waals surface area contributed by atoms with Crippen LogP contribution < -0.4 is 5.32 Å². The maximum Gasteiger partial charge on any atom is 0.270 e. The topological polar surface area (TPSA) is 58.4 Å². The second-order valence-electron chi connectivity index (χ2n) is 4.93. The second-order valence-corrected chi connectivity index (χ2v) is 5.78. The Balaban J connectivity index is 2.03. The van der Waals surface area contributed by atoms with E-state index in [0.29, 0.717) is 6.04 Å². The lowest BCUT2D eigenvalue weighted by Gasteiger charge is -2.31. The summed E-state index contributed by atoms with van der Waals surface area (Å²) in [5.41, 5.74) is 1.21. The molecule has 5 nitrogen and oxygen atoms in total. The van der Waals surface area contributed by atoms with Gasteiger partial charge in [-0.3, -0.25) is 15.0 Å². The molecule has 1 aromatic carbocycles. The molecule has 104 valence electrons. The first-order valence-electron chi connectivity index (χ1n) is 6.41. The minimum absolute atomic E-state index is 0.125. The van der Waals surface area contributed by atoms with E-state index in [0.717, 1.165) is 42.5 Å². The van der Waals surface area contributed by atoms with Crippen molar-refractivity contribution in [2.75, 3.05) is 20.1 Å². The van der Waals surface area contributed by atoms with E-state index in [1.54, 1.807) is 12.1 Å². The lowest BCUT2D eigenvalue weighted by Crippen LogP contribution is -2.40. The highest BCUT2D eigenvalue weighted by molar-refractivity contribution is 9.10. The number of rotatable bonds is 4. The van der Waals surface area contributed by atoms with Gasteiger partial charge in [0.25, 0.3) is 5.69 Å². The van der Waals surface area contributed by atoms with Gasteiger partial charge in [0.1, 0.15) is 0 Å². The molecule has 0 radical (unpaired) electrons. The molecule has 0 saturated carbocycles. The molecule has 0 unspecified atom stereocenters. The van der Waals surface area contributed by atoms with Gasteiger partial charge in [-0.05, 0) is 44.6 Å². The fourth-order valence-electron chi connectivity index (χ4n) is 2.42. The highest BCUT2D eigenvalue weighted by Crippen LogP contribution is 2.25. The molecule has 1 aliphatic heterocycles. The summed E-state index contributed by atoms with van der Waals surface area (Å²) >= 11 is 3.42. The molecule has 0 spiro atoms. The Hall–Kier alpha value is -0.980. The van der Waals surface area contributed by atoms with E-state index >= 15 is 0 Å². The maximum atomic E-state index is 10.7. The number of nitro groups is 1. The van der Waals surface area contributed by atoms with Gasteiger partial charge >= 0.3 is 0 Å². The zero-order valence-corrected chi connectivity index (χ0v) is 12.5. The van der Waals surface area contributed by atoms with Crippen LogP contribution in [0.5, 0.6) is 0 Å². The average Bonchev–Trinajstić information content (AvgIpc) is 2.41. The fraction of sp³-hybridized carbons (Fsp3) is 0.538. The third-order valence-corrected chi connectivity index (χ3v) is 4.34. The Morgan fingerprint density at radius 2 is 2.16 bits per heavy atom.